The first kappa shape index (κ1) is 21.7. The molecule has 31 heavy (non-hydrogen) atoms. The van der Waals surface area contributed by atoms with Crippen molar-refractivity contribution in [2.24, 2.45) is 5.73 Å². The second kappa shape index (κ2) is 9.18. The Morgan fingerprint density at radius 1 is 1.13 bits per heavy atom. The molecule has 1 unspecified atom stereocenters. The molecule has 0 amide bonds. The average Bonchev–Trinajstić information content (AvgIpc) is 2.78. The summed E-state index contributed by atoms with van der Waals surface area (Å²) in [6.45, 7) is 3.50. The number of allylic oxidation sites excluding steroid dienone is 2. The fourth-order valence-corrected chi connectivity index (χ4v) is 3.53. The summed E-state index contributed by atoms with van der Waals surface area (Å²) in [6.07, 6.45) is 0. The van der Waals surface area contributed by atoms with E-state index in [-0.39, 0.29) is 29.4 Å². The molecule has 0 fully saturated rings. The van der Waals surface area contributed by atoms with Crippen molar-refractivity contribution in [1.29, 1.82) is 5.26 Å². The molecule has 2 aromatic rings. The van der Waals surface area contributed by atoms with Crippen molar-refractivity contribution in [3.05, 3.63) is 82.4 Å². The molecule has 0 bridgehead atoms. The highest BCUT2D eigenvalue weighted by Crippen LogP contribution is 2.40. The number of methoxy groups -OCH3 is 1. The Morgan fingerprint density at radius 3 is 2.45 bits per heavy atom. The Morgan fingerprint density at radius 2 is 1.81 bits per heavy atom. The Bertz CT molecular complexity index is 1140. The number of esters is 2. The number of benzene rings is 2. The van der Waals surface area contributed by atoms with Gasteiger partial charge in [-0.05, 0) is 42.7 Å². The third-order valence-electron chi connectivity index (χ3n) is 4.94. The summed E-state index contributed by atoms with van der Waals surface area (Å²) in [4.78, 5) is 24.6. The van der Waals surface area contributed by atoms with Gasteiger partial charge < -0.3 is 19.9 Å². The van der Waals surface area contributed by atoms with Gasteiger partial charge in [0.25, 0.3) is 0 Å². The quantitative estimate of drug-likeness (QED) is 0.735. The Balaban J connectivity index is 2.12. The minimum Gasteiger partial charge on any atom is -0.465 e. The van der Waals surface area contributed by atoms with E-state index >= 15 is 0 Å². The first-order chi connectivity index (χ1) is 14.9. The van der Waals surface area contributed by atoms with Crippen LogP contribution < -0.4 is 5.73 Å². The van der Waals surface area contributed by atoms with Gasteiger partial charge in [0.15, 0.2) is 0 Å². The zero-order valence-electron chi connectivity index (χ0n) is 17.5. The maximum Gasteiger partial charge on any atom is 0.338 e. The van der Waals surface area contributed by atoms with Gasteiger partial charge in [-0.15, -0.1) is 0 Å². The van der Waals surface area contributed by atoms with Gasteiger partial charge in [-0.25, -0.2) is 9.59 Å². The number of hydrogen-bond donors (Lipinski definition) is 1. The van der Waals surface area contributed by atoms with Gasteiger partial charge in [0.2, 0.25) is 5.88 Å². The molecule has 0 saturated carbocycles. The molecule has 0 saturated heterocycles. The number of rotatable bonds is 5. The van der Waals surface area contributed by atoms with Gasteiger partial charge in [-0.1, -0.05) is 36.4 Å². The lowest BCUT2D eigenvalue weighted by molar-refractivity contribution is -0.139. The smallest absolute Gasteiger partial charge is 0.338 e. The fraction of sp³-hybridized carbons (Fsp3) is 0.208. The number of hydrogen-bond acceptors (Lipinski definition) is 7. The highest BCUT2D eigenvalue weighted by Gasteiger charge is 2.36. The zero-order chi connectivity index (χ0) is 22.5. The molecule has 2 N–H and O–H groups in total. The highest BCUT2D eigenvalue weighted by molar-refractivity contribution is 5.93. The van der Waals surface area contributed by atoms with Gasteiger partial charge in [-0.3, -0.25) is 0 Å². The highest BCUT2D eigenvalue weighted by atomic mass is 16.5. The molecule has 7 heteroatoms. The normalized spacial score (nSPS) is 15.7. The molecule has 3 rings (SSSR count). The van der Waals surface area contributed by atoms with Gasteiger partial charge in [0, 0.05) is 0 Å². The van der Waals surface area contributed by atoms with E-state index in [2.05, 4.69) is 6.07 Å². The van der Waals surface area contributed by atoms with Crippen LogP contribution >= 0.6 is 0 Å². The third-order valence-corrected chi connectivity index (χ3v) is 4.94. The topological polar surface area (TPSA) is 112 Å². The Kier molecular flexibility index (Phi) is 6.41. The van der Waals surface area contributed by atoms with Crippen molar-refractivity contribution in [1.82, 2.24) is 0 Å². The maximum absolute atomic E-state index is 12.7. The van der Waals surface area contributed by atoms with Crippen LogP contribution in [0.4, 0.5) is 0 Å². The molecule has 2 aromatic carbocycles. The van der Waals surface area contributed by atoms with Crippen LogP contribution in [0.3, 0.4) is 0 Å². The zero-order valence-corrected chi connectivity index (χ0v) is 17.5. The Labute approximate surface area is 180 Å². The van der Waals surface area contributed by atoms with Crippen LogP contribution in [0.15, 0.2) is 71.3 Å². The van der Waals surface area contributed by atoms with Gasteiger partial charge in [0.1, 0.15) is 17.4 Å². The molecule has 0 spiro atoms. The van der Waals surface area contributed by atoms with Crippen molar-refractivity contribution >= 4 is 11.9 Å². The van der Waals surface area contributed by atoms with Crippen LogP contribution in [-0.4, -0.2) is 25.7 Å². The first-order valence-electron chi connectivity index (χ1n) is 9.65. The summed E-state index contributed by atoms with van der Waals surface area (Å²) < 4.78 is 15.4. The van der Waals surface area contributed by atoms with E-state index in [1.54, 1.807) is 38.1 Å². The number of nitrogens with zero attached hydrogens (tertiary/aromatic N) is 1. The summed E-state index contributed by atoms with van der Waals surface area (Å²) in [7, 11) is 1.33. The predicted octanol–water partition coefficient (Wildman–Crippen LogP) is 3.78. The van der Waals surface area contributed by atoms with Crippen molar-refractivity contribution < 1.29 is 23.8 Å². The molecule has 7 nitrogen and oxygen atoms in total. The van der Waals surface area contributed by atoms with Crippen LogP contribution in [-0.2, 0) is 19.0 Å². The van der Waals surface area contributed by atoms with Crippen LogP contribution in [0.2, 0.25) is 0 Å². The van der Waals surface area contributed by atoms with E-state index < -0.39 is 17.9 Å². The molecule has 1 atom stereocenters. The summed E-state index contributed by atoms with van der Waals surface area (Å²) in [6, 6.07) is 16.4. The number of carbonyl (C=O) groups is 2. The lowest BCUT2D eigenvalue weighted by Gasteiger charge is -2.27. The third kappa shape index (κ3) is 4.28. The number of carbonyl (C=O) groups excluding carboxylic acids is 2. The number of ether oxygens (including phenoxy) is 3. The fourth-order valence-electron chi connectivity index (χ4n) is 3.53. The van der Waals surface area contributed by atoms with Crippen LogP contribution in [0, 0.1) is 11.3 Å². The second-order valence-electron chi connectivity index (χ2n) is 6.81. The molecule has 1 aliphatic rings. The maximum atomic E-state index is 12.7. The van der Waals surface area contributed by atoms with Gasteiger partial charge in [-0.2, -0.15) is 5.26 Å². The lowest BCUT2D eigenvalue weighted by Crippen LogP contribution is -2.25. The van der Waals surface area contributed by atoms with E-state index in [1.165, 1.54) is 7.11 Å². The summed E-state index contributed by atoms with van der Waals surface area (Å²) >= 11 is 0. The summed E-state index contributed by atoms with van der Waals surface area (Å²) in [5.41, 5.74) is 8.99. The standard InChI is InChI=1S/C24H22N2O5/c1-4-30-24(28)20-14(2)31-22(26)19(13-25)21(20)17-9-5-7-15(11-17)16-8-6-10-18(12-16)23(27)29-3/h5-12,21H,4,26H2,1-3H3. The van der Waals surface area contributed by atoms with Gasteiger partial charge >= 0.3 is 11.9 Å². The molecular weight excluding hydrogens is 396 g/mol. The van der Waals surface area contributed by atoms with E-state index in [4.69, 9.17) is 19.9 Å². The molecule has 0 radical (unpaired) electrons. The van der Waals surface area contributed by atoms with Crippen molar-refractivity contribution in [3.63, 3.8) is 0 Å². The Hall–Kier alpha value is -4.05. The molecule has 0 aromatic heterocycles. The molecular formula is C24H22N2O5. The SMILES string of the molecule is CCOC(=O)C1=C(C)OC(N)=C(C#N)C1c1cccc(-c2cccc(C(=O)OC)c2)c1. The predicted molar refractivity (Wildman–Crippen MR) is 113 cm³/mol. The summed E-state index contributed by atoms with van der Waals surface area (Å²) in [5.74, 6) is -1.49. The second-order valence-corrected chi connectivity index (χ2v) is 6.81. The van der Waals surface area contributed by atoms with E-state index in [0.717, 1.165) is 11.1 Å². The number of nitrogens with two attached hydrogens (primary N) is 1. The molecule has 0 aliphatic carbocycles. The lowest BCUT2D eigenvalue weighted by atomic mass is 9.82. The van der Waals surface area contributed by atoms with E-state index in [9.17, 15) is 14.9 Å². The van der Waals surface area contributed by atoms with E-state index in [0.29, 0.717) is 11.1 Å². The van der Waals surface area contributed by atoms with Crippen molar-refractivity contribution in [2.45, 2.75) is 19.8 Å². The first-order valence-corrected chi connectivity index (χ1v) is 9.65. The minimum absolute atomic E-state index is 0.0452. The van der Waals surface area contributed by atoms with Crippen molar-refractivity contribution in [2.75, 3.05) is 13.7 Å². The average molecular weight is 418 g/mol. The largest absolute Gasteiger partial charge is 0.465 e. The van der Waals surface area contributed by atoms with Gasteiger partial charge in [0.05, 0.1) is 30.8 Å². The monoisotopic (exact) mass is 418 g/mol. The minimum atomic E-state index is -0.735. The van der Waals surface area contributed by atoms with Crippen LogP contribution in [0.25, 0.3) is 11.1 Å². The van der Waals surface area contributed by atoms with Crippen molar-refractivity contribution in [3.8, 4) is 17.2 Å². The van der Waals surface area contributed by atoms with E-state index in [1.807, 2.05) is 24.3 Å². The molecule has 1 aliphatic heterocycles. The number of nitriles is 1. The summed E-state index contributed by atoms with van der Waals surface area (Å²) in [5, 5.41) is 9.73. The molecule has 1 heterocycles. The van der Waals surface area contributed by atoms with Crippen LogP contribution in [0.1, 0.15) is 35.7 Å². The molecule has 158 valence electrons. The van der Waals surface area contributed by atoms with Crippen LogP contribution in [0.5, 0.6) is 0 Å².